The van der Waals surface area contributed by atoms with Crippen LogP contribution in [0.3, 0.4) is 0 Å². The van der Waals surface area contributed by atoms with Crippen molar-refractivity contribution >= 4 is 27.2 Å². The molecule has 3 N–H and O–H groups in total. The number of hydrogen-bond donors (Lipinski definition) is 2. The van der Waals surface area contributed by atoms with E-state index in [0.29, 0.717) is 23.9 Å². The molecule has 0 aliphatic heterocycles. The maximum Gasteiger partial charge on any atom is 0.240 e. The molecule has 0 radical (unpaired) electrons. The summed E-state index contributed by atoms with van der Waals surface area (Å²) in [5.41, 5.74) is 6.36. The highest BCUT2D eigenvalue weighted by Crippen LogP contribution is 2.28. The molecule has 18 heavy (non-hydrogen) atoms. The summed E-state index contributed by atoms with van der Waals surface area (Å²) in [4.78, 5) is 0.687. The van der Waals surface area contributed by atoms with Crippen LogP contribution in [0.2, 0.25) is 0 Å². The molecule has 0 spiro atoms. The van der Waals surface area contributed by atoms with Crippen molar-refractivity contribution in [3.8, 4) is 0 Å². The zero-order valence-electron chi connectivity index (χ0n) is 9.93. The number of rotatable bonds is 6. The minimum atomic E-state index is -3.37. The molecular weight excluding hydrogens is 268 g/mol. The molecule has 0 atom stereocenters. The van der Waals surface area contributed by atoms with Crippen LogP contribution in [0.15, 0.2) is 29.2 Å². The van der Waals surface area contributed by atoms with Crippen molar-refractivity contribution in [3.05, 3.63) is 29.8 Å². The van der Waals surface area contributed by atoms with E-state index in [1.807, 2.05) is 0 Å². The van der Waals surface area contributed by atoms with Gasteiger partial charge in [-0.1, -0.05) is 24.4 Å². The summed E-state index contributed by atoms with van der Waals surface area (Å²) in [6, 6.07) is 6.65. The monoisotopic (exact) mass is 284 g/mol. The van der Waals surface area contributed by atoms with E-state index in [1.54, 1.807) is 24.3 Å². The van der Waals surface area contributed by atoms with Crippen LogP contribution in [-0.2, 0) is 16.4 Å². The first kappa shape index (κ1) is 13.5. The molecule has 0 saturated heterocycles. The van der Waals surface area contributed by atoms with Gasteiger partial charge in [-0.3, -0.25) is 0 Å². The second-order valence-electron chi connectivity index (χ2n) is 4.58. The van der Waals surface area contributed by atoms with E-state index in [-0.39, 0.29) is 4.90 Å². The molecular formula is C12H16N2O2S2. The zero-order chi connectivity index (χ0) is 13.2. The quantitative estimate of drug-likeness (QED) is 0.770. The Hall–Kier alpha value is -0.980. The van der Waals surface area contributed by atoms with E-state index >= 15 is 0 Å². The Balaban J connectivity index is 2.04. The Morgan fingerprint density at radius 2 is 1.94 bits per heavy atom. The minimum Gasteiger partial charge on any atom is -0.393 e. The van der Waals surface area contributed by atoms with Crippen LogP contribution in [0, 0.1) is 5.92 Å². The largest absolute Gasteiger partial charge is 0.393 e. The van der Waals surface area contributed by atoms with Gasteiger partial charge in [-0.05, 0) is 36.5 Å². The van der Waals surface area contributed by atoms with Crippen molar-refractivity contribution in [2.75, 3.05) is 6.54 Å². The van der Waals surface area contributed by atoms with Crippen molar-refractivity contribution in [1.82, 2.24) is 4.72 Å². The van der Waals surface area contributed by atoms with Crippen LogP contribution in [0.5, 0.6) is 0 Å². The Morgan fingerprint density at radius 3 is 2.44 bits per heavy atom. The molecule has 0 amide bonds. The summed E-state index contributed by atoms with van der Waals surface area (Å²) in [6.07, 6.45) is 2.73. The van der Waals surface area contributed by atoms with Crippen molar-refractivity contribution in [2.24, 2.45) is 11.7 Å². The maximum absolute atomic E-state index is 11.9. The third kappa shape index (κ3) is 3.76. The Labute approximate surface area is 113 Å². The number of hydrogen-bond acceptors (Lipinski definition) is 3. The molecule has 1 aromatic carbocycles. The standard InChI is InChI=1S/C12H16N2O2S2/c13-12(17)7-9-3-5-11(6-4-9)18(15,16)14-8-10-1-2-10/h3-6,10,14H,1-2,7-8H2,(H2,13,17). The average Bonchev–Trinajstić information content (AvgIpc) is 3.10. The van der Waals surface area contributed by atoms with Crippen LogP contribution in [-0.4, -0.2) is 20.0 Å². The van der Waals surface area contributed by atoms with Gasteiger partial charge in [0.2, 0.25) is 10.0 Å². The first-order valence-corrected chi connectivity index (χ1v) is 7.73. The lowest BCUT2D eigenvalue weighted by Gasteiger charge is -2.07. The zero-order valence-corrected chi connectivity index (χ0v) is 11.6. The van der Waals surface area contributed by atoms with Gasteiger partial charge in [0, 0.05) is 13.0 Å². The SMILES string of the molecule is NC(=S)Cc1ccc(S(=O)(=O)NCC2CC2)cc1. The highest BCUT2D eigenvalue weighted by Gasteiger charge is 2.24. The normalized spacial score (nSPS) is 15.6. The van der Waals surface area contributed by atoms with E-state index in [0.717, 1.165) is 18.4 Å². The number of sulfonamides is 1. The molecule has 1 fully saturated rings. The molecule has 6 heteroatoms. The van der Waals surface area contributed by atoms with Crippen LogP contribution in [0.4, 0.5) is 0 Å². The molecule has 4 nitrogen and oxygen atoms in total. The van der Waals surface area contributed by atoms with E-state index in [2.05, 4.69) is 4.72 Å². The van der Waals surface area contributed by atoms with Gasteiger partial charge < -0.3 is 5.73 Å². The van der Waals surface area contributed by atoms with Gasteiger partial charge in [0.1, 0.15) is 0 Å². The fourth-order valence-corrected chi connectivity index (χ4v) is 2.90. The molecule has 1 aliphatic carbocycles. The molecule has 0 unspecified atom stereocenters. The van der Waals surface area contributed by atoms with Gasteiger partial charge in [-0.2, -0.15) is 0 Å². The average molecular weight is 284 g/mol. The predicted octanol–water partition coefficient (Wildman–Crippen LogP) is 1.20. The lowest BCUT2D eigenvalue weighted by molar-refractivity contribution is 0.577. The van der Waals surface area contributed by atoms with Gasteiger partial charge >= 0.3 is 0 Å². The molecule has 1 aromatic rings. The van der Waals surface area contributed by atoms with Crippen LogP contribution < -0.4 is 10.5 Å². The summed E-state index contributed by atoms with van der Waals surface area (Å²) >= 11 is 4.81. The van der Waals surface area contributed by atoms with E-state index in [4.69, 9.17) is 18.0 Å². The second kappa shape index (κ2) is 5.34. The van der Waals surface area contributed by atoms with Crippen molar-refractivity contribution in [1.29, 1.82) is 0 Å². The van der Waals surface area contributed by atoms with Gasteiger partial charge in [0.25, 0.3) is 0 Å². The topological polar surface area (TPSA) is 72.2 Å². The highest BCUT2D eigenvalue weighted by molar-refractivity contribution is 7.89. The van der Waals surface area contributed by atoms with Crippen molar-refractivity contribution < 1.29 is 8.42 Å². The summed E-state index contributed by atoms with van der Waals surface area (Å²) < 4.78 is 26.5. The highest BCUT2D eigenvalue weighted by atomic mass is 32.2. The molecule has 98 valence electrons. The number of thiocarbonyl (C=S) groups is 1. The molecule has 1 saturated carbocycles. The van der Waals surface area contributed by atoms with Crippen LogP contribution in [0.25, 0.3) is 0 Å². The molecule has 0 aromatic heterocycles. The lowest BCUT2D eigenvalue weighted by atomic mass is 10.1. The lowest BCUT2D eigenvalue weighted by Crippen LogP contribution is -2.25. The Bertz CT molecular complexity index is 534. The summed E-state index contributed by atoms with van der Waals surface area (Å²) in [5, 5.41) is 0. The van der Waals surface area contributed by atoms with E-state index in [9.17, 15) is 8.42 Å². The number of nitrogens with two attached hydrogens (primary N) is 1. The smallest absolute Gasteiger partial charge is 0.240 e. The molecule has 2 rings (SSSR count). The van der Waals surface area contributed by atoms with Gasteiger partial charge in [0.15, 0.2) is 0 Å². The number of nitrogens with one attached hydrogen (secondary N) is 1. The van der Waals surface area contributed by atoms with Crippen LogP contribution >= 0.6 is 12.2 Å². The summed E-state index contributed by atoms with van der Waals surface area (Å²) in [5.74, 6) is 0.522. The van der Waals surface area contributed by atoms with Crippen molar-refractivity contribution in [3.63, 3.8) is 0 Å². The van der Waals surface area contributed by atoms with Gasteiger partial charge in [-0.25, -0.2) is 13.1 Å². The summed E-state index contributed by atoms with van der Waals surface area (Å²) in [6.45, 7) is 0.539. The summed E-state index contributed by atoms with van der Waals surface area (Å²) in [7, 11) is -3.37. The van der Waals surface area contributed by atoms with E-state index < -0.39 is 10.0 Å². The molecule has 1 aliphatic rings. The number of benzene rings is 1. The molecule has 0 heterocycles. The molecule has 0 bridgehead atoms. The Kier molecular flexibility index (Phi) is 3.99. The van der Waals surface area contributed by atoms with Crippen LogP contribution in [0.1, 0.15) is 18.4 Å². The fraction of sp³-hybridized carbons (Fsp3) is 0.417. The van der Waals surface area contributed by atoms with E-state index in [1.165, 1.54) is 0 Å². The fourth-order valence-electron chi connectivity index (χ4n) is 1.62. The second-order valence-corrected chi connectivity index (χ2v) is 6.87. The van der Waals surface area contributed by atoms with Crippen molar-refractivity contribution in [2.45, 2.75) is 24.2 Å². The third-order valence-corrected chi connectivity index (χ3v) is 4.45. The Morgan fingerprint density at radius 1 is 1.33 bits per heavy atom. The third-order valence-electron chi connectivity index (χ3n) is 2.87. The first-order chi connectivity index (χ1) is 8.47. The first-order valence-electron chi connectivity index (χ1n) is 5.84. The maximum atomic E-state index is 11.9. The van der Waals surface area contributed by atoms with Gasteiger partial charge in [0.05, 0.1) is 9.88 Å². The predicted molar refractivity (Wildman–Crippen MR) is 74.8 cm³/mol. The minimum absolute atomic E-state index is 0.287. The van der Waals surface area contributed by atoms with Gasteiger partial charge in [-0.15, -0.1) is 0 Å².